The van der Waals surface area contributed by atoms with Gasteiger partial charge in [-0.15, -0.1) is 0 Å². The van der Waals surface area contributed by atoms with Gasteiger partial charge in [0.2, 0.25) is 0 Å². The Labute approximate surface area is 92.1 Å². The van der Waals surface area contributed by atoms with Gasteiger partial charge in [-0.25, -0.2) is 17.6 Å². The molecule has 0 fully saturated rings. The number of aryl methyl sites for hydroxylation is 2. The second-order valence-electron chi connectivity index (χ2n) is 3.23. The van der Waals surface area contributed by atoms with E-state index in [4.69, 9.17) is 13.0 Å². The number of unbranched alkanes of at least 4 members (excludes halogenated alkanes) is 1. The third-order valence-corrected chi connectivity index (χ3v) is 2.15. The molecule has 1 heterocycles. The Balaban J connectivity index is 0.000000423. The van der Waals surface area contributed by atoms with Gasteiger partial charge in [-0.3, -0.25) is 0 Å². The number of thiol groups is 1. The normalized spacial score (nSPS) is 9.93. The fourth-order valence-electron chi connectivity index (χ4n) is 1.16. The summed E-state index contributed by atoms with van der Waals surface area (Å²) in [6.45, 7) is 5.53. The van der Waals surface area contributed by atoms with Crippen molar-refractivity contribution >= 4 is 11.0 Å². The average Bonchev–Trinajstić information content (AvgIpc) is 2.44. The van der Waals surface area contributed by atoms with E-state index >= 15 is 0 Å². The van der Waals surface area contributed by atoms with Crippen molar-refractivity contribution in [1.29, 1.82) is 0 Å². The van der Waals surface area contributed by atoms with Gasteiger partial charge in [-0.05, 0) is 6.42 Å². The molecule has 5 nitrogen and oxygen atoms in total. The molecule has 0 spiro atoms. The molecule has 0 aliphatic rings. The van der Waals surface area contributed by atoms with Crippen LogP contribution in [0.1, 0.15) is 25.6 Å². The minimum Gasteiger partial charge on any atom is -0.750 e. The lowest BCUT2D eigenvalue weighted by molar-refractivity contribution is -0.702. The average molecular weight is 234 g/mol. The van der Waals surface area contributed by atoms with Crippen LogP contribution in [-0.2, 0) is 24.6 Å². The molecule has 0 atom stereocenters. The van der Waals surface area contributed by atoms with Crippen molar-refractivity contribution in [1.82, 2.24) is 4.57 Å². The molecule has 0 aromatic carbocycles. The third-order valence-electron chi connectivity index (χ3n) is 2.15. The Hall–Kier alpha value is -0.880. The van der Waals surface area contributed by atoms with Gasteiger partial charge < -0.3 is 4.55 Å². The van der Waals surface area contributed by atoms with Gasteiger partial charge in [-0.2, -0.15) is 0 Å². The van der Waals surface area contributed by atoms with Crippen LogP contribution in [-0.4, -0.2) is 17.5 Å². The van der Waals surface area contributed by atoms with Gasteiger partial charge in [0, 0.05) is 6.92 Å². The topological polar surface area (TPSA) is 66.0 Å². The van der Waals surface area contributed by atoms with Crippen LogP contribution in [0.5, 0.6) is 0 Å². The van der Waals surface area contributed by atoms with Gasteiger partial charge in [0.05, 0.1) is 24.6 Å². The highest BCUT2D eigenvalue weighted by Gasteiger charge is 2.06. The maximum atomic E-state index is 8.48. The smallest absolute Gasteiger partial charge is 0.253 e. The summed E-state index contributed by atoms with van der Waals surface area (Å²) in [6.07, 6.45) is 6.78. The Morgan fingerprint density at radius 1 is 1.53 bits per heavy atom. The van der Waals surface area contributed by atoms with Crippen molar-refractivity contribution in [3.05, 3.63) is 18.2 Å². The summed E-state index contributed by atoms with van der Waals surface area (Å²) < 4.78 is 29.9. The zero-order chi connectivity index (χ0) is 11.8. The first kappa shape index (κ1) is 14.1. The van der Waals surface area contributed by atoms with Gasteiger partial charge in [-0.1, -0.05) is 13.3 Å². The van der Waals surface area contributed by atoms with Gasteiger partial charge in [0.15, 0.2) is 0 Å². The fourth-order valence-corrected chi connectivity index (χ4v) is 1.16. The number of aromatic nitrogens is 2. The number of imidazole rings is 1. The molecule has 15 heavy (non-hydrogen) atoms. The number of rotatable bonds is 3. The molecule has 6 heteroatoms. The minimum absolute atomic E-state index is 1.16. The number of hydrogen-bond donors (Lipinski definition) is 1. The van der Waals surface area contributed by atoms with E-state index in [9.17, 15) is 0 Å². The summed E-state index contributed by atoms with van der Waals surface area (Å²) in [6, 6.07) is 0. The van der Waals surface area contributed by atoms with Crippen molar-refractivity contribution in [3.63, 3.8) is 0 Å². The molecule has 0 unspecified atom stereocenters. The molecule has 0 aliphatic carbocycles. The van der Waals surface area contributed by atoms with Crippen LogP contribution >= 0.6 is 0 Å². The van der Waals surface area contributed by atoms with E-state index in [0.717, 1.165) is 6.54 Å². The summed E-state index contributed by atoms with van der Waals surface area (Å²) in [5.74, 6) is 1.33. The van der Waals surface area contributed by atoms with Crippen LogP contribution < -0.4 is 4.57 Å². The van der Waals surface area contributed by atoms with E-state index in [2.05, 4.69) is 42.4 Å². The standard InChI is InChI=1S/C9H17N2.H2O3S/c1-4-5-6-11-8-7-10(3)9(11)2;1-4(2)3/h7-8H,4-6H2,1-3H3;4H,(H,1,2,3)/q+1;/p-1. The largest absolute Gasteiger partial charge is 0.750 e. The summed E-state index contributed by atoms with van der Waals surface area (Å²) in [7, 11) is -1.29. The Morgan fingerprint density at radius 2 is 2.07 bits per heavy atom. The monoisotopic (exact) mass is 234 g/mol. The van der Waals surface area contributed by atoms with E-state index in [-0.39, 0.29) is 0 Å². The third kappa shape index (κ3) is 6.24. The second kappa shape index (κ2) is 7.42. The molecule has 1 aromatic rings. The van der Waals surface area contributed by atoms with Crippen LogP contribution in [0.25, 0.3) is 0 Å². The van der Waals surface area contributed by atoms with Crippen molar-refractivity contribution in [2.75, 3.05) is 0 Å². The predicted octanol–water partition coefficient (Wildman–Crippen LogP) is 0.149. The van der Waals surface area contributed by atoms with E-state index in [1.54, 1.807) is 0 Å². The lowest BCUT2D eigenvalue weighted by atomic mass is 10.3. The van der Waals surface area contributed by atoms with Crippen LogP contribution in [0.4, 0.5) is 0 Å². The minimum atomic E-state index is -3.37. The summed E-state index contributed by atoms with van der Waals surface area (Å²) >= 11 is 0. The summed E-state index contributed by atoms with van der Waals surface area (Å²) in [4.78, 5) is 0. The Kier molecular flexibility index (Phi) is 6.98. The molecule has 0 N–H and O–H groups in total. The molecule has 0 bridgehead atoms. The van der Waals surface area contributed by atoms with Crippen molar-refractivity contribution in [2.45, 2.75) is 33.2 Å². The van der Waals surface area contributed by atoms with Gasteiger partial charge in [0.1, 0.15) is 12.4 Å². The molecule has 88 valence electrons. The number of nitrogens with zero attached hydrogens (tertiary/aromatic N) is 2. The highest BCUT2D eigenvalue weighted by molar-refractivity contribution is 7.66. The summed E-state index contributed by atoms with van der Waals surface area (Å²) in [5.41, 5.74) is 0. The molecule has 0 saturated carbocycles. The number of hydrogen-bond acceptors (Lipinski definition) is 3. The van der Waals surface area contributed by atoms with E-state index < -0.39 is 11.0 Å². The molecule has 0 radical (unpaired) electrons. The molecule has 1 aromatic heterocycles. The maximum Gasteiger partial charge on any atom is 0.253 e. The SMILES string of the molecule is CCCC[n+]1ccn(C)c1C.O=[SH](=O)[O-]. The predicted molar refractivity (Wildman–Crippen MR) is 56.3 cm³/mol. The second-order valence-corrected chi connectivity index (χ2v) is 3.67. The fraction of sp³-hybridized carbons (Fsp3) is 0.667. The van der Waals surface area contributed by atoms with E-state index in [0.29, 0.717) is 0 Å². The molecule has 0 saturated heterocycles. The van der Waals surface area contributed by atoms with Crippen LogP contribution in [0.2, 0.25) is 0 Å². The first-order valence-corrected chi connectivity index (χ1v) is 5.91. The first-order chi connectivity index (χ1) is 6.99. The molecular formula is C9H18N2O3S. The zero-order valence-electron chi connectivity index (χ0n) is 9.34. The Morgan fingerprint density at radius 3 is 2.40 bits per heavy atom. The molecule has 1 rings (SSSR count). The quantitative estimate of drug-likeness (QED) is 0.460. The summed E-state index contributed by atoms with van der Waals surface area (Å²) in [5, 5.41) is 0. The van der Waals surface area contributed by atoms with Gasteiger partial charge in [0.25, 0.3) is 5.82 Å². The first-order valence-electron chi connectivity index (χ1n) is 4.82. The van der Waals surface area contributed by atoms with Crippen LogP contribution in [0.15, 0.2) is 12.4 Å². The van der Waals surface area contributed by atoms with Crippen molar-refractivity contribution in [3.8, 4) is 0 Å². The molecular weight excluding hydrogens is 216 g/mol. The van der Waals surface area contributed by atoms with E-state index in [1.165, 1.54) is 18.7 Å². The maximum absolute atomic E-state index is 8.48. The highest BCUT2D eigenvalue weighted by Crippen LogP contribution is 1.91. The lowest BCUT2D eigenvalue weighted by Crippen LogP contribution is -2.35. The van der Waals surface area contributed by atoms with Crippen molar-refractivity contribution in [2.24, 2.45) is 7.05 Å². The zero-order valence-corrected chi connectivity index (χ0v) is 10.2. The lowest BCUT2D eigenvalue weighted by Gasteiger charge is -1.95. The molecule has 0 aliphatic heterocycles. The van der Waals surface area contributed by atoms with Gasteiger partial charge >= 0.3 is 0 Å². The highest BCUT2D eigenvalue weighted by atomic mass is 32.2. The van der Waals surface area contributed by atoms with Crippen LogP contribution in [0.3, 0.4) is 0 Å². The van der Waals surface area contributed by atoms with Crippen molar-refractivity contribution < 1.29 is 17.5 Å². The molecule has 0 amide bonds. The Bertz CT molecular complexity index is 350. The van der Waals surface area contributed by atoms with E-state index in [1.807, 2.05) is 0 Å². The van der Waals surface area contributed by atoms with Crippen LogP contribution in [0, 0.1) is 6.92 Å².